The van der Waals surface area contributed by atoms with Gasteiger partial charge in [0.1, 0.15) is 4.70 Å². The van der Waals surface area contributed by atoms with Crippen LogP contribution in [0.4, 0.5) is 0 Å². The third-order valence-electron chi connectivity index (χ3n) is 4.59. The smallest absolute Gasteiger partial charge is 0.272 e. The first-order valence-electron chi connectivity index (χ1n) is 8.56. The van der Waals surface area contributed by atoms with Gasteiger partial charge >= 0.3 is 0 Å². The maximum absolute atomic E-state index is 12.6. The van der Waals surface area contributed by atoms with Gasteiger partial charge in [0.2, 0.25) is 5.91 Å². The van der Waals surface area contributed by atoms with Crippen LogP contribution in [0.1, 0.15) is 39.5 Å². The molecule has 1 aliphatic rings. The fraction of sp³-hybridized carbons (Fsp3) is 0.588. The fourth-order valence-electron chi connectivity index (χ4n) is 3.28. The molecule has 3 rings (SSSR count). The topological polar surface area (TPSA) is 55.2 Å². The van der Waals surface area contributed by atoms with Gasteiger partial charge in [0.15, 0.2) is 5.16 Å². The maximum Gasteiger partial charge on any atom is 0.272 e. The van der Waals surface area contributed by atoms with E-state index in [2.05, 4.69) is 11.9 Å². The number of piperidine rings is 1. The largest absolute Gasteiger partial charge is 0.339 e. The molecule has 130 valence electrons. The third-order valence-corrected chi connectivity index (χ3v) is 6.44. The molecule has 1 aliphatic heterocycles. The van der Waals surface area contributed by atoms with Crippen molar-refractivity contribution in [2.75, 3.05) is 12.3 Å². The van der Waals surface area contributed by atoms with Gasteiger partial charge in [-0.05, 0) is 44.1 Å². The van der Waals surface area contributed by atoms with Gasteiger partial charge in [-0.2, -0.15) is 0 Å². The van der Waals surface area contributed by atoms with Crippen LogP contribution in [0.15, 0.2) is 21.4 Å². The normalized spacial score (nSPS) is 18.2. The lowest BCUT2D eigenvalue weighted by atomic mass is 10.0. The molecule has 0 N–H and O–H groups in total. The van der Waals surface area contributed by atoms with Crippen molar-refractivity contribution in [3.05, 3.63) is 21.8 Å². The van der Waals surface area contributed by atoms with E-state index in [0.29, 0.717) is 28.2 Å². The fourth-order valence-corrected chi connectivity index (χ4v) is 5.00. The van der Waals surface area contributed by atoms with E-state index in [1.807, 2.05) is 23.3 Å². The van der Waals surface area contributed by atoms with Crippen LogP contribution in [0, 0.1) is 0 Å². The number of carbonyl (C=O) groups is 1. The third kappa shape index (κ3) is 3.37. The van der Waals surface area contributed by atoms with Crippen LogP contribution in [0.3, 0.4) is 0 Å². The molecular formula is C17H23N3O2S2. The number of carbonyl (C=O) groups excluding carboxylic acids is 1. The number of thiophene rings is 1. The predicted octanol–water partition coefficient (Wildman–Crippen LogP) is 3.36. The molecule has 24 heavy (non-hydrogen) atoms. The van der Waals surface area contributed by atoms with Gasteiger partial charge in [-0.3, -0.25) is 14.2 Å². The minimum absolute atomic E-state index is 0.00291. The lowest BCUT2D eigenvalue weighted by molar-refractivity contribution is -0.132. The van der Waals surface area contributed by atoms with Gasteiger partial charge < -0.3 is 4.90 Å². The molecule has 0 aliphatic carbocycles. The zero-order valence-electron chi connectivity index (χ0n) is 14.2. The van der Waals surface area contributed by atoms with E-state index in [-0.39, 0.29) is 11.5 Å². The van der Waals surface area contributed by atoms with Crippen molar-refractivity contribution in [1.29, 1.82) is 0 Å². The molecule has 1 amide bonds. The van der Waals surface area contributed by atoms with Crippen molar-refractivity contribution < 1.29 is 4.79 Å². The van der Waals surface area contributed by atoms with Crippen molar-refractivity contribution >= 4 is 39.2 Å². The molecule has 3 heterocycles. The van der Waals surface area contributed by atoms with Gasteiger partial charge in [0, 0.05) is 19.1 Å². The van der Waals surface area contributed by atoms with Gasteiger partial charge in [0.05, 0.1) is 11.3 Å². The van der Waals surface area contributed by atoms with E-state index in [0.717, 1.165) is 31.3 Å². The second-order valence-electron chi connectivity index (χ2n) is 6.01. The lowest BCUT2D eigenvalue weighted by Gasteiger charge is -2.35. The van der Waals surface area contributed by atoms with Crippen LogP contribution in [0.2, 0.25) is 0 Å². The summed E-state index contributed by atoms with van der Waals surface area (Å²) in [5.41, 5.74) is 0.728. The Morgan fingerprint density at radius 2 is 2.25 bits per heavy atom. The number of thioether (sulfide) groups is 1. The van der Waals surface area contributed by atoms with E-state index in [1.54, 1.807) is 4.57 Å². The number of nitrogens with zero attached hydrogens (tertiary/aromatic N) is 3. The summed E-state index contributed by atoms with van der Waals surface area (Å²) in [5.74, 6) is 0.507. The molecule has 0 saturated carbocycles. The van der Waals surface area contributed by atoms with Crippen LogP contribution < -0.4 is 5.56 Å². The summed E-state index contributed by atoms with van der Waals surface area (Å²) in [4.78, 5) is 31.8. The van der Waals surface area contributed by atoms with Crippen molar-refractivity contribution in [1.82, 2.24) is 14.5 Å². The highest BCUT2D eigenvalue weighted by atomic mass is 32.2. The Morgan fingerprint density at radius 3 is 3.00 bits per heavy atom. The molecule has 0 spiro atoms. The highest BCUT2D eigenvalue weighted by Gasteiger charge is 2.25. The highest BCUT2D eigenvalue weighted by Crippen LogP contribution is 2.24. The molecule has 0 aromatic carbocycles. The average molecular weight is 366 g/mol. The molecule has 0 unspecified atom stereocenters. The molecular weight excluding hydrogens is 342 g/mol. The first-order valence-corrected chi connectivity index (χ1v) is 10.4. The zero-order chi connectivity index (χ0) is 17.1. The number of likely N-dealkylation sites (tertiary alicyclic amines) is 1. The molecule has 1 atom stereocenters. The van der Waals surface area contributed by atoms with Gasteiger partial charge in [-0.15, -0.1) is 11.3 Å². The van der Waals surface area contributed by atoms with Gasteiger partial charge in [-0.25, -0.2) is 4.98 Å². The summed E-state index contributed by atoms with van der Waals surface area (Å²) in [6, 6.07) is 2.23. The van der Waals surface area contributed by atoms with Crippen LogP contribution in [-0.4, -0.2) is 38.7 Å². The molecule has 0 radical (unpaired) electrons. The zero-order valence-corrected chi connectivity index (χ0v) is 15.8. The number of fused-ring (bicyclic) bond motifs is 1. The summed E-state index contributed by atoms with van der Waals surface area (Å²) in [6.45, 7) is 5.50. The number of amides is 1. The van der Waals surface area contributed by atoms with Crippen LogP contribution in [0.5, 0.6) is 0 Å². The molecule has 0 bridgehead atoms. The minimum Gasteiger partial charge on any atom is -0.339 e. The summed E-state index contributed by atoms with van der Waals surface area (Å²) >= 11 is 2.81. The SMILES string of the molecule is CC[C@H]1CCCCN1C(=O)CSc1nc2ccsc2c(=O)n1CC. The minimum atomic E-state index is -0.00291. The Morgan fingerprint density at radius 1 is 1.42 bits per heavy atom. The second kappa shape index (κ2) is 7.70. The molecule has 1 fully saturated rings. The molecule has 2 aromatic rings. The van der Waals surface area contributed by atoms with E-state index in [4.69, 9.17) is 0 Å². The van der Waals surface area contributed by atoms with Gasteiger partial charge in [-0.1, -0.05) is 18.7 Å². The Kier molecular flexibility index (Phi) is 5.61. The van der Waals surface area contributed by atoms with Crippen molar-refractivity contribution in [2.24, 2.45) is 0 Å². The summed E-state index contributed by atoms with van der Waals surface area (Å²) in [5, 5.41) is 2.53. The predicted molar refractivity (Wildman–Crippen MR) is 99.9 cm³/mol. The van der Waals surface area contributed by atoms with Crippen LogP contribution in [0.25, 0.3) is 10.2 Å². The van der Waals surface area contributed by atoms with Crippen LogP contribution in [-0.2, 0) is 11.3 Å². The number of aromatic nitrogens is 2. The molecule has 7 heteroatoms. The Labute approximate surface area is 150 Å². The number of hydrogen-bond acceptors (Lipinski definition) is 5. The lowest BCUT2D eigenvalue weighted by Crippen LogP contribution is -2.44. The number of hydrogen-bond donors (Lipinski definition) is 0. The Bertz CT molecular complexity index is 784. The first-order chi connectivity index (χ1) is 11.7. The molecule has 5 nitrogen and oxygen atoms in total. The first kappa shape index (κ1) is 17.5. The van der Waals surface area contributed by atoms with E-state index < -0.39 is 0 Å². The van der Waals surface area contributed by atoms with E-state index in [1.165, 1.54) is 29.5 Å². The van der Waals surface area contributed by atoms with E-state index in [9.17, 15) is 9.59 Å². The standard InChI is InChI=1S/C17H23N3O2S2/c1-3-12-7-5-6-9-20(12)14(21)11-24-17-18-13-8-10-23-15(13)16(22)19(17)4-2/h8,10,12H,3-7,9,11H2,1-2H3/t12-/m0/s1. The molecule has 2 aromatic heterocycles. The summed E-state index contributed by atoms with van der Waals surface area (Å²) in [7, 11) is 0. The van der Waals surface area contributed by atoms with Crippen molar-refractivity contribution in [3.8, 4) is 0 Å². The molecule has 1 saturated heterocycles. The second-order valence-corrected chi connectivity index (χ2v) is 7.87. The monoisotopic (exact) mass is 365 g/mol. The van der Waals surface area contributed by atoms with Crippen molar-refractivity contribution in [2.45, 2.75) is 57.3 Å². The van der Waals surface area contributed by atoms with Gasteiger partial charge in [0.25, 0.3) is 5.56 Å². The van der Waals surface area contributed by atoms with Crippen LogP contribution >= 0.6 is 23.1 Å². The Balaban J connectivity index is 1.77. The highest BCUT2D eigenvalue weighted by molar-refractivity contribution is 7.99. The number of rotatable bonds is 5. The average Bonchev–Trinajstić information content (AvgIpc) is 3.08. The quantitative estimate of drug-likeness (QED) is 0.602. The summed E-state index contributed by atoms with van der Waals surface area (Å²) < 4.78 is 2.36. The van der Waals surface area contributed by atoms with Crippen molar-refractivity contribution in [3.63, 3.8) is 0 Å². The Hall–Kier alpha value is -1.34. The maximum atomic E-state index is 12.6. The van der Waals surface area contributed by atoms with E-state index >= 15 is 0 Å². The summed E-state index contributed by atoms with van der Waals surface area (Å²) in [6.07, 6.45) is 4.41.